The molecule has 2 aromatic heterocycles. The van der Waals surface area contributed by atoms with Gasteiger partial charge in [-0.3, -0.25) is 4.79 Å². The Morgan fingerprint density at radius 1 is 1.41 bits per heavy atom. The van der Waals surface area contributed by atoms with Gasteiger partial charge in [0.05, 0.1) is 21.8 Å². The lowest BCUT2D eigenvalue weighted by atomic mass is 10.2. The van der Waals surface area contributed by atoms with E-state index in [1.165, 1.54) is 11.3 Å². The van der Waals surface area contributed by atoms with E-state index in [-0.39, 0.29) is 11.9 Å². The van der Waals surface area contributed by atoms with Crippen LogP contribution in [0.25, 0.3) is 10.2 Å². The zero-order valence-electron chi connectivity index (χ0n) is 14.8. The number of rotatable bonds is 4. The summed E-state index contributed by atoms with van der Waals surface area (Å²) in [6, 6.07) is 11.2. The fraction of sp³-hybridized carbons (Fsp3) is 0.263. The third kappa shape index (κ3) is 3.60. The number of anilines is 2. The number of nitriles is 1. The number of fused-ring (bicyclic) bond motifs is 1. The third-order valence-corrected chi connectivity index (χ3v) is 5.60. The van der Waals surface area contributed by atoms with E-state index >= 15 is 0 Å². The second kappa shape index (κ2) is 7.31. The predicted molar refractivity (Wildman–Crippen MR) is 105 cm³/mol. The lowest BCUT2D eigenvalue weighted by Gasteiger charge is -2.23. The van der Waals surface area contributed by atoms with Gasteiger partial charge in [0.25, 0.3) is 5.91 Å². The van der Waals surface area contributed by atoms with Crippen LogP contribution >= 0.6 is 11.3 Å². The molecular formula is C19H18N6OS. The molecule has 136 valence electrons. The van der Waals surface area contributed by atoms with Crippen molar-refractivity contribution < 1.29 is 4.79 Å². The average molecular weight is 378 g/mol. The number of thiazole rings is 1. The van der Waals surface area contributed by atoms with E-state index in [0.717, 1.165) is 29.7 Å². The number of hydrogen-bond acceptors (Lipinski definition) is 7. The summed E-state index contributed by atoms with van der Waals surface area (Å²) in [4.78, 5) is 23.3. The first-order valence-electron chi connectivity index (χ1n) is 8.66. The number of nitrogens with zero attached hydrogens (tertiary/aromatic N) is 4. The normalized spacial score (nSPS) is 16.2. The molecule has 27 heavy (non-hydrogen) atoms. The van der Waals surface area contributed by atoms with Crippen LogP contribution in [0.2, 0.25) is 0 Å². The Kier molecular flexibility index (Phi) is 4.71. The van der Waals surface area contributed by atoms with Crippen molar-refractivity contribution in [2.75, 3.05) is 25.5 Å². The van der Waals surface area contributed by atoms with Gasteiger partial charge in [-0.25, -0.2) is 9.97 Å². The second-order valence-electron chi connectivity index (χ2n) is 6.43. The van der Waals surface area contributed by atoms with Gasteiger partial charge in [0.15, 0.2) is 5.13 Å². The van der Waals surface area contributed by atoms with Crippen LogP contribution < -0.4 is 10.6 Å². The molecule has 3 heterocycles. The number of pyridine rings is 1. The summed E-state index contributed by atoms with van der Waals surface area (Å²) >= 11 is 1.45. The molecule has 0 radical (unpaired) electrons. The number of carbonyl (C=O) groups excluding carboxylic acids is 1. The maximum absolute atomic E-state index is 12.7. The van der Waals surface area contributed by atoms with E-state index in [4.69, 9.17) is 5.26 Å². The molecule has 2 N–H and O–H groups in total. The highest BCUT2D eigenvalue weighted by Crippen LogP contribution is 2.28. The fourth-order valence-corrected chi connectivity index (χ4v) is 4.04. The predicted octanol–water partition coefficient (Wildman–Crippen LogP) is 2.74. The maximum atomic E-state index is 12.7. The number of aromatic nitrogens is 2. The number of benzene rings is 1. The first-order valence-corrected chi connectivity index (χ1v) is 9.47. The molecule has 1 aromatic carbocycles. The van der Waals surface area contributed by atoms with Crippen LogP contribution in [-0.2, 0) is 0 Å². The largest absolute Gasteiger partial charge is 0.337 e. The molecule has 1 atom stereocenters. The average Bonchev–Trinajstić information content (AvgIpc) is 3.35. The summed E-state index contributed by atoms with van der Waals surface area (Å²) in [7, 11) is 1.84. The minimum Gasteiger partial charge on any atom is -0.337 e. The van der Waals surface area contributed by atoms with E-state index in [1.54, 1.807) is 29.3 Å². The van der Waals surface area contributed by atoms with Gasteiger partial charge in [0.2, 0.25) is 0 Å². The molecule has 0 bridgehead atoms. The van der Waals surface area contributed by atoms with Gasteiger partial charge in [-0.05, 0) is 43.3 Å². The van der Waals surface area contributed by atoms with Crippen molar-refractivity contribution in [3.05, 3.63) is 47.7 Å². The van der Waals surface area contributed by atoms with E-state index in [1.807, 2.05) is 19.2 Å². The second-order valence-corrected chi connectivity index (χ2v) is 7.46. The van der Waals surface area contributed by atoms with Crippen molar-refractivity contribution in [1.29, 1.82) is 5.26 Å². The smallest absolute Gasteiger partial charge is 0.254 e. The summed E-state index contributed by atoms with van der Waals surface area (Å²) < 4.78 is 0.928. The Labute approximate surface area is 160 Å². The summed E-state index contributed by atoms with van der Waals surface area (Å²) in [5.74, 6) is 0.551. The van der Waals surface area contributed by atoms with Gasteiger partial charge in [0.1, 0.15) is 5.82 Å². The zero-order valence-corrected chi connectivity index (χ0v) is 15.6. The molecule has 8 heteroatoms. The fourth-order valence-electron chi connectivity index (χ4n) is 3.13. The molecule has 7 nitrogen and oxygen atoms in total. The van der Waals surface area contributed by atoms with Gasteiger partial charge in [-0.15, -0.1) is 0 Å². The lowest BCUT2D eigenvalue weighted by Crippen LogP contribution is -2.38. The highest BCUT2D eigenvalue weighted by atomic mass is 32.1. The van der Waals surface area contributed by atoms with Gasteiger partial charge in [-0.1, -0.05) is 11.3 Å². The highest BCUT2D eigenvalue weighted by Gasteiger charge is 2.24. The van der Waals surface area contributed by atoms with E-state index < -0.39 is 0 Å². The lowest BCUT2D eigenvalue weighted by molar-refractivity contribution is 0.0743. The molecule has 0 saturated carbocycles. The van der Waals surface area contributed by atoms with Crippen LogP contribution in [-0.4, -0.2) is 47.0 Å². The zero-order chi connectivity index (χ0) is 18.8. The Morgan fingerprint density at radius 2 is 2.30 bits per heavy atom. The van der Waals surface area contributed by atoms with Crippen molar-refractivity contribution in [2.24, 2.45) is 0 Å². The number of carbonyl (C=O) groups is 1. The topological polar surface area (TPSA) is 93.9 Å². The third-order valence-electron chi connectivity index (χ3n) is 4.66. The molecule has 0 spiro atoms. The van der Waals surface area contributed by atoms with Crippen LogP contribution in [0, 0.1) is 11.3 Å². The van der Waals surface area contributed by atoms with Crippen molar-refractivity contribution in [3.63, 3.8) is 0 Å². The summed E-state index contributed by atoms with van der Waals surface area (Å²) in [6.45, 7) is 1.77. The summed E-state index contributed by atoms with van der Waals surface area (Å²) in [6.07, 6.45) is 2.59. The minimum absolute atomic E-state index is 0.0166. The molecule has 1 aliphatic heterocycles. The minimum atomic E-state index is -0.0166. The van der Waals surface area contributed by atoms with Crippen LogP contribution in [0.1, 0.15) is 22.3 Å². The molecule has 1 fully saturated rings. The molecule has 0 unspecified atom stereocenters. The Morgan fingerprint density at radius 3 is 3.07 bits per heavy atom. The van der Waals surface area contributed by atoms with Crippen molar-refractivity contribution in [2.45, 2.75) is 12.5 Å². The van der Waals surface area contributed by atoms with Crippen molar-refractivity contribution in [3.8, 4) is 6.07 Å². The van der Waals surface area contributed by atoms with Crippen molar-refractivity contribution >= 4 is 38.4 Å². The molecule has 1 amide bonds. The number of likely N-dealkylation sites (N-methyl/N-ethyl adjacent to an activating group) is 1. The maximum Gasteiger partial charge on any atom is 0.254 e. The van der Waals surface area contributed by atoms with Gasteiger partial charge in [0, 0.05) is 31.4 Å². The van der Waals surface area contributed by atoms with Gasteiger partial charge >= 0.3 is 0 Å². The first kappa shape index (κ1) is 17.4. The van der Waals surface area contributed by atoms with E-state index in [0.29, 0.717) is 22.1 Å². The Bertz CT molecular complexity index is 1030. The van der Waals surface area contributed by atoms with E-state index in [2.05, 4.69) is 26.7 Å². The molecule has 0 aliphatic carbocycles. The molecular weight excluding hydrogens is 360 g/mol. The van der Waals surface area contributed by atoms with Crippen molar-refractivity contribution in [1.82, 2.24) is 20.2 Å². The van der Waals surface area contributed by atoms with Gasteiger partial charge in [-0.2, -0.15) is 5.26 Å². The molecule has 4 rings (SSSR count). The number of nitrogens with one attached hydrogen (secondary N) is 2. The summed E-state index contributed by atoms with van der Waals surface area (Å²) in [5.41, 5.74) is 2.02. The van der Waals surface area contributed by atoms with Crippen LogP contribution in [0.15, 0.2) is 36.5 Å². The standard InChI is InChI=1S/C19H18N6OS/c1-25(14-5-6-21-11-14)18(26)13-4-7-22-17(9-13)24-19-23-15-3-2-12(10-20)8-16(15)27-19/h2-4,7-9,14,21H,5-6,11H2,1H3,(H,22,23,24)/t14-/m0/s1. The van der Waals surface area contributed by atoms with Crippen LogP contribution in [0.4, 0.5) is 10.9 Å². The molecule has 1 aliphatic rings. The summed E-state index contributed by atoms with van der Waals surface area (Å²) in [5, 5.41) is 16.1. The van der Waals surface area contributed by atoms with Crippen LogP contribution in [0.5, 0.6) is 0 Å². The Hall–Kier alpha value is -3.02. The SMILES string of the molecule is CN(C(=O)c1ccnc(Nc2nc3ccc(C#N)cc3s2)c1)[C@H]1CCNC1. The molecule has 3 aromatic rings. The monoisotopic (exact) mass is 378 g/mol. The van der Waals surface area contributed by atoms with Gasteiger partial charge < -0.3 is 15.5 Å². The Balaban J connectivity index is 1.54. The molecule has 1 saturated heterocycles. The highest BCUT2D eigenvalue weighted by molar-refractivity contribution is 7.22. The number of amides is 1. The first-order chi connectivity index (χ1) is 13.1. The van der Waals surface area contributed by atoms with E-state index in [9.17, 15) is 4.79 Å². The van der Waals surface area contributed by atoms with Crippen LogP contribution in [0.3, 0.4) is 0 Å². The quantitative estimate of drug-likeness (QED) is 0.725. The number of hydrogen-bond donors (Lipinski definition) is 2.